The molecule has 0 bridgehead atoms. The molecule has 2 N–H and O–H groups in total. The molecule has 0 unspecified atom stereocenters. The number of rotatable bonds is 5. The van der Waals surface area contributed by atoms with E-state index in [1.807, 2.05) is 102 Å². The lowest BCUT2D eigenvalue weighted by Gasteiger charge is -2.21. The molecule has 268 valence electrons. The standard InChI is InChI=1S/C14H16O2.C10H13ClO.C9H7BO5.C4H5BO3/c1-14(2,3)16-12-8-6-11(7-9-12)13-5-4-10-15-13;1-10(2,3)12-9-6-4-8(11)5-7-9;11-8-4-6-5-9(12)15-10(6,14-8)7-2-1-3-13-7;6-5(7)4-2-1-3-8-4/h4-10H,1-3H3;4-7H,1-3H3;1-3H,4-5H2;1-3,6-7H. The van der Waals surface area contributed by atoms with Crippen LogP contribution in [0.5, 0.6) is 11.5 Å². The van der Waals surface area contributed by atoms with Crippen molar-refractivity contribution in [1.29, 1.82) is 0 Å². The molecule has 2 aliphatic heterocycles. The molecule has 2 aliphatic rings. The summed E-state index contributed by atoms with van der Waals surface area (Å²) >= 11 is 5.73. The third-order valence-electron chi connectivity index (χ3n) is 6.91. The molecule has 0 aliphatic carbocycles. The quantitative estimate of drug-likeness (QED) is 0.151. The van der Waals surface area contributed by atoms with E-state index in [0.717, 1.165) is 27.8 Å². The minimum Gasteiger partial charge on any atom is -0.608 e. The van der Waals surface area contributed by atoms with E-state index in [2.05, 4.69) is 4.42 Å². The Labute approximate surface area is 302 Å². The van der Waals surface area contributed by atoms with Crippen molar-refractivity contribution in [3.05, 3.63) is 115 Å². The molecular formula is C37H41B2ClO11. The number of furan rings is 3. The molecule has 0 atom stereocenters. The number of fused-ring (bicyclic) bond motifs is 1. The van der Waals surface area contributed by atoms with Crippen molar-refractivity contribution in [2.75, 3.05) is 0 Å². The zero-order valence-corrected chi connectivity index (χ0v) is 30.1. The predicted molar refractivity (Wildman–Crippen MR) is 194 cm³/mol. The summed E-state index contributed by atoms with van der Waals surface area (Å²) < 4.78 is 36.7. The highest BCUT2D eigenvalue weighted by molar-refractivity contribution is 6.90. The van der Waals surface area contributed by atoms with E-state index in [9.17, 15) is 9.59 Å². The molecule has 0 spiro atoms. The molecule has 0 amide bonds. The highest BCUT2D eigenvalue weighted by Gasteiger charge is 2.67. The maximum absolute atomic E-state index is 11.2. The van der Waals surface area contributed by atoms with Crippen LogP contribution in [0.15, 0.2) is 117 Å². The van der Waals surface area contributed by atoms with Crippen molar-refractivity contribution in [3.8, 4) is 22.8 Å². The van der Waals surface area contributed by atoms with Gasteiger partial charge in [-0.15, -0.1) is 0 Å². The second kappa shape index (κ2) is 16.8. The largest absolute Gasteiger partial charge is 0.622 e. The number of carbonyl (C=O) groups excluding carboxylic acids is 2. The summed E-state index contributed by atoms with van der Waals surface area (Å²) in [6.45, 7) is 10.0. The molecule has 51 heavy (non-hydrogen) atoms. The Morgan fingerprint density at radius 2 is 1.18 bits per heavy atom. The third kappa shape index (κ3) is 11.8. The van der Waals surface area contributed by atoms with E-state index < -0.39 is 13.7 Å². The van der Waals surface area contributed by atoms with Gasteiger partial charge in [0, 0.05) is 16.4 Å². The van der Waals surface area contributed by atoms with Gasteiger partial charge >= 0.3 is 25.6 Å². The van der Waals surface area contributed by atoms with Crippen molar-refractivity contribution in [1.82, 2.24) is 0 Å². The molecular weight excluding hydrogens is 677 g/mol. The number of halogens is 1. The summed E-state index contributed by atoms with van der Waals surface area (Å²) in [7, 11) is -1.48. The number of hydrogen-bond acceptors (Lipinski definition) is 11. The van der Waals surface area contributed by atoms with Crippen LogP contribution in [0.2, 0.25) is 5.02 Å². The molecule has 2 aromatic carbocycles. The molecule has 11 nitrogen and oxygen atoms in total. The van der Waals surface area contributed by atoms with Crippen LogP contribution in [0.1, 0.15) is 54.4 Å². The highest BCUT2D eigenvalue weighted by Crippen LogP contribution is 2.40. The van der Waals surface area contributed by atoms with Crippen LogP contribution < -0.4 is 20.8 Å². The molecule has 2 fully saturated rings. The summed E-state index contributed by atoms with van der Waals surface area (Å²) in [5, 5.41) is 17.5. The van der Waals surface area contributed by atoms with Gasteiger partial charge in [0.15, 0.2) is 0 Å². The molecule has 5 heterocycles. The van der Waals surface area contributed by atoms with Crippen molar-refractivity contribution in [2.45, 2.75) is 65.6 Å². The normalized spacial score (nSPS) is 14.3. The predicted octanol–water partition coefficient (Wildman–Crippen LogP) is 6.54. The van der Waals surface area contributed by atoms with Gasteiger partial charge in [0.05, 0.1) is 24.4 Å². The van der Waals surface area contributed by atoms with Crippen LogP contribution in [0.3, 0.4) is 0 Å². The second-order valence-electron chi connectivity index (χ2n) is 13.5. The average molecular weight is 719 g/mol. The maximum atomic E-state index is 11.2. The number of hydrogen-bond donors (Lipinski definition) is 2. The topological polar surface area (TPSA) is 151 Å². The maximum Gasteiger partial charge on any atom is 0.622 e. The zero-order chi connectivity index (χ0) is 37.2. The summed E-state index contributed by atoms with van der Waals surface area (Å²) in [6, 6.07) is 25.5. The van der Waals surface area contributed by atoms with Crippen molar-refractivity contribution < 1.29 is 51.7 Å². The van der Waals surface area contributed by atoms with Crippen LogP contribution in [0.4, 0.5) is 0 Å². The second-order valence-corrected chi connectivity index (χ2v) is 13.9. The van der Waals surface area contributed by atoms with Crippen LogP contribution in [0, 0.1) is 5.82 Å². The Balaban J connectivity index is 0.000000157. The Morgan fingerprint density at radius 1 is 0.686 bits per heavy atom. The summed E-state index contributed by atoms with van der Waals surface area (Å²) in [4.78, 5) is 22.4. The zero-order valence-electron chi connectivity index (χ0n) is 29.3. The minimum absolute atomic E-state index is 0.145. The number of carbonyl (C=O) groups is 2. The number of benzene rings is 2. The van der Waals surface area contributed by atoms with Crippen molar-refractivity contribution in [3.63, 3.8) is 0 Å². The first-order valence-corrected chi connectivity index (χ1v) is 16.5. The Kier molecular flexibility index (Phi) is 12.8. The van der Waals surface area contributed by atoms with Crippen LogP contribution >= 0.6 is 11.6 Å². The summed E-state index contributed by atoms with van der Waals surface area (Å²) in [6.07, 6.45) is 4.81. The van der Waals surface area contributed by atoms with Crippen molar-refractivity contribution >= 4 is 48.5 Å². The van der Waals surface area contributed by atoms with Gasteiger partial charge in [-0.05, 0) is 126 Å². The summed E-state index contributed by atoms with van der Waals surface area (Å²) in [5.41, 5.74) is 1.33. The fourth-order valence-electron chi connectivity index (χ4n) is 4.95. The first-order chi connectivity index (χ1) is 24.0. The van der Waals surface area contributed by atoms with E-state index >= 15 is 0 Å². The Morgan fingerprint density at radius 3 is 1.59 bits per heavy atom. The fourth-order valence-corrected chi connectivity index (χ4v) is 5.08. The highest BCUT2D eigenvalue weighted by atomic mass is 35.5. The monoisotopic (exact) mass is 718 g/mol. The van der Waals surface area contributed by atoms with E-state index in [1.54, 1.807) is 24.5 Å². The Hall–Kier alpha value is -4.97. The lowest BCUT2D eigenvalue weighted by atomic mass is 9.47. The average Bonchev–Trinajstić information content (AvgIpc) is 3.88. The Bertz CT molecular complexity index is 1750. The molecule has 5 aromatic rings. The van der Waals surface area contributed by atoms with Gasteiger partial charge in [-0.3, -0.25) is 9.59 Å². The van der Waals surface area contributed by atoms with Crippen LogP contribution in [0.25, 0.3) is 11.3 Å². The van der Waals surface area contributed by atoms with Crippen LogP contribution in [-0.2, 0) is 18.9 Å². The van der Waals surface area contributed by atoms with Gasteiger partial charge in [-0.25, -0.2) is 0 Å². The van der Waals surface area contributed by atoms with Crippen molar-refractivity contribution in [2.24, 2.45) is 0 Å². The smallest absolute Gasteiger partial charge is 0.608 e. The van der Waals surface area contributed by atoms with Gasteiger partial charge in [-0.1, -0.05) is 11.6 Å². The van der Waals surface area contributed by atoms with E-state index in [-0.39, 0.29) is 41.6 Å². The van der Waals surface area contributed by atoms with Gasteiger partial charge in [0.2, 0.25) is 0 Å². The lowest BCUT2D eigenvalue weighted by Crippen LogP contribution is -2.51. The molecule has 0 saturated carbocycles. The van der Waals surface area contributed by atoms with E-state index in [0.29, 0.717) is 11.5 Å². The lowest BCUT2D eigenvalue weighted by molar-refractivity contribution is -0.138. The van der Waals surface area contributed by atoms with Gasteiger partial charge in [0.25, 0.3) is 0 Å². The fraction of sp³-hybridized carbons (Fsp3) is 0.270. The van der Waals surface area contributed by atoms with Gasteiger partial charge < -0.3 is 42.1 Å². The SMILES string of the molecule is CC(C)(C)Oc1ccc(-c2ccco2)cc1.CC(C)(C)Oc1ccc(Cl)cc1.O=C1C[C+]2CC(=O)O[B-]2(c2ccco2)O1.OB(O)c1ccco1. The molecule has 14 heteroatoms. The minimum atomic E-state index is -2.11. The molecule has 3 aromatic heterocycles. The number of ether oxygens (including phenoxy) is 2. The molecule has 7 rings (SSSR count). The van der Waals surface area contributed by atoms with E-state index in [4.69, 9.17) is 49.3 Å². The van der Waals surface area contributed by atoms with Crippen LogP contribution in [-0.4, -0.2) is 46.9 Å². The molecule has 0 radical (unpaired) electrons. The first kappa shape index (κ1) is 38.8. The third-order valence-corrected chi connectivity index (χ3v) is 7.16. The van der Waals surface area contributed by atoms with Gasteiger partial charge in [0.1, 0.15) is 47.0 Å². The summed E-state index contributed by atoms with van der Waals surface area (Å²) in [5.74, 6) is 2.56. The van der Waals surface area contributed by atoms with Gasteiger partial charge in [-0.2, -0.15) is 0 Å². The first-order valence-electron chi connectivity index (χ1n) is 16.2. The molecule has 2 saturated heterocycles. The van der Waals surface area contributed by atoms with E-state index in [1.165, 1.54) is 18.6 Å².